The van der Waals surface area contributed by atoms with Gasteiger partial charge in [0.2, 0.25) is 11.8 Å². The highest BCUT2D eigenvalue weighted by atomic mass is 16.3. The van der Waals surface area contributed by atoms with Gasteiger partial charge in [0.15, 0.2) is 17.6 Å². The predicted octanol–water partition coefficient (Wildman–Crippen LogP) is -1.59. The molecule has 4 aliphatic heterocycles. The van der Waals surface area contributed by atoms with Crippen LogP contribution < -0.4 is 22.1 Å². The number of rotatable bonds is 5. The van der Waals surface area contributed by atoms with Crippen LogP contribution in [0.3, 0.4) is 0 Å². The van der Waals surface area contributed by atoms with E-state index in [4.69, 9.17) is 11.5 Å². The number of amides is 3. The second-order valence-corrected chi connectivity index (χ2v) is 9.78. The number of carbonyl (C=O) groups excluding carboxylic acids is 3. The molecule has 35 heavy (non-hydrogen) atoms. The second-order valence-electron chi connectivity index (χ2n) is 9.78. The highest BCUT2D eigenvalue weighted by Gasteiger charge is 2.65. The maximum atomic E-state index is 13.1. The van der Waals surface area contributed by atoms with Gasteiger partial charge in [-0.25, -0.2) is 9.98 Å². The van der Waals surface area contributed by atoms with E-state index in [1.165, 1.54) is 0 Å². The van der Waals surface area contributed by atoms with Crippen molar-refractivity contribution >= 4 is 29.6 Å². The molecule has 0 aromatic heterocycles. The number of guanidine groups is 2. The number of hydrogen-bond acceptors (Lipinski definition) is 10. The van der Waals surface area contributed by atoms with Crippen LogP contribution in [0.25, 0.3) is 0 Å². The molecular formula is C23H30N8O4. The fourth-order valence-electron chi connectivity index (χ4n) is 5.49. The first kappa shape index (κ1) is 23.1. The van der Waals surface area contributed by atoms with Crippen molar-refractivity contribution in [3.8, 4) is 0 Å². The average Bonchev–Trinajstić information content (AvgIpc) is 3.43. The standard InChI is InChI=1S/C23H30N8O4/c1-11(2)12-4-3-5-13(8-12)20(35)26-15-10-31-22(25)27-14(9-30-16(32)6-7-17(30)33)18-23(31,19(15)34)29-21(24)28-18/h3-5,8,11,14-15,18-19,34H,6-7,9-10H2,1-2H3,(H2,25,27)(H,26,35)(H3,24,28,29)/t14-,15-,18?,19+,23?/m0/s1. The molecule has 0 radical (unpaired) electrons. The number of benzene rings is 1. The number of likely N-dealkylation sites (tertiary alicyclic amines) is 1. The number of nitrogens with one attached hydrogen (secondary N) is 2. The fraction of sp³-hybridized carbons (Fsp3) is 0.522. The summed E-state index contributed by atoms with van der Waals surface area (Å²) in [5.41, 5.74) is 12.6. The zero-order valence-corrected chi connectivity index (χ0v) is 19.6. The molecule has 1 aromatic carbocycles. The third-order valence-electron chi connectivity index (χ3n) is 7.31. The lowest BCUT2D eigenvalue weighted by molar-refractivity contribution is -0.138. The van der Waals surface area contributed by atoms with Crippen molar-refractivity contribution in [2.75, 3.05) is 13.1 Å². The van der Waals surface area contributed by atoms with Gasteiger partial charge in [-0.15, -0.1) is 0 Å². The summed E-state index contributed by atoms with van der Waals surface area (Å²) in [6, 6.07) is 5.23. The molecule has 1 aromatic rings. The Balaban J connectivity index is 1.41. The summed E-state index contributed by atoms with van der Waals surface area (Å²) in [5.74, 6) is -0.409. The second kappa shape index (κ2) is 8.22. The molecule has 2 fully saturated rings. The zero-order chi connectivity index (χ0) is 25.1. The van der Waals surface area contributed by atoms with E-state index in [0.29, 0.717) is 5.56 Å². The number of imide groups is 1. The third-order valence-corrected chi connectivity index (χ3v) is 7.31. The van der Waals surface area contributed by atoms with Crippen LogP contribution >= 0.6 is 0 Å². The zero-order valence-electron chi connectivity index (χ0n) is 19.6. The maximum Gasteiger partial charge on any atom is 0.251 e. The van der Waals surface area contributed by atoms with Crippen molar-refractivity contribution in [1.29, 1.82) is 0 Å². The lowest BCUT2D eigenvalue weighted by atomic mass is 9.87. The highest BCUT2D eigenvalue weighted by Crippen LogP contribution is 2.40. The number of aliphatic hydroxyl groups is 1. The molecule has 4 heterocycles. The lowest BCUT2D eigenvalue weighted by Gasteiger charge is -2.46. The van der Waals surface area contributed by atoms with E-state index in [2.05, 4.69) is 20.6 Å². The van der Waals surface area contributed by atoms with Crippen LogP contribution in [0.2, 0.25) is 0 Å². The Hall–Kier alpha value is -3.67. The van der Waals surface area contributed by atoms with Gasteiger partial charge in [-0.05, 0) is 23.6 Å². The van der Waals surface area contributed by atoms with E-state index < -0.39 is 29.9 Å². The summed E-state index contributed by atoms with van der Waals surface area (Å²) in [6.45, 7) is 4.26. The first-order chi connectivity index (χ1) is 16.6. The fourth-order valence-corrected chi connectivity index (χ4v) is 5.49. The van der Waals surface area contributed by atoms with Crippen molar-refractivity contribution in [3.05, 3.63) is 35.4 Å². The van der Waals surface area contributed by atoms with E-state index in [9.17, 15) is 19.5 Å². The Morgan fingerprint density at radius 3 is 2.66 bits per heavy atom. The summed E-state index contributed by atoms with van der Waals surface area (Å²) in [6.07, 6.45) is -0.841. The third kappa shape index (κ3) is 3.59. The van der Waals surface area contributed by atoms with Gasteiger partial charge in [-0.2, -0.15) is 0 Å². The molecule has 5 atom stereocenters. The molecule has 7 N–H and O–H groups in total. The Labute approximate surface area is 202 Å². The predicted molar refractivity (Wildman–Crippen MR) is 127 cm³/mol. The Morgan fingerprint density at radius 1 is 1.26 bits per heavy atom. The molecule has 3 amide bonds. The summed E-state index contributed by atoms with van der Waals surface area (Å²) in [4.78, 5) is 49.3. The molecule has 0 aliphatic carbocycles. The molecule has 2 saturated heterocycles. The van der Waals surface area contributed by atoms with Gasteiger partial charge in [0.1, 0.15) is 12.1 Å². The van der Waals surface area contributed by atoms with E-state index in [-0.39, 0.29) is 61.5 Å². The number of hydrogen-bond donors (Lipinski definition) is 5. The molecule has 186 valence electrons. The molecule has 12 nitrogen and oxygen atoms in total. The first-order valence-corrected chi connectivity index (χ1v) is 11.8. The van der Waals surface area contributed by atoms with Crippen LogP contribution in [0.4, 0.5) is 0 Å². The number of aliphatic imine (C=N–C) groups is 2. The van der Waals surface area contributed by atoms with Crippen LogP contribution in [0.5, 0.6) is 0 Å². The Kier molecular flexibility index (Phi) is 5.42. The van der Waals surface area contributed by atoms with Crippen molar-refractivity contribution in [2.45, 2.75) is 62.5 Å². The largest absolute Gasteiger partial charge is 0.386 e. The van der Waals surface area contributed by atoms with E-state index in [1.807, 2.05) is 32.0 Å². The van der Waals surface area contributed by atoms with Gasteiger partial charge in [0.25, 0.3) is 5.91 Å². The molecule has 0 saturated carbocycles. The molecule has 4 aliphatic rings. The topological polar surface area (TPSA) is 179 Å². The molecular weight excluding hydrogens is 452 g/mol. The number of carbonyl (C=O) groups is 3. The quantitative estimate of drug-likeness (QED) is 0.312. The monoisotopic (exact) mass is 482 g/mol. The Bertz CT molecular complexity index is 1130. The van der Waals surface area contributed by atoms with Crippen LogP contribution in [0.1, 0.15) is 48.5 Å². The molecule has 0 bridgehead atoms. The van der Waals surface area contributed by atoms with Crippen LogP contribution in [-0.2, 0) is 9.59 Å². The van der Waals surface area contributed by atoms with E-state index in [0.717, 1.165) is 10.5 Å². The summed E-state index contributed by atoms with van der Waals surface area (Å²) in [7, 11) is 0. The van der Waals surface area contributed by atoms with Gasteiger partial charge in [0.05, 0.1) is 18.6 Å². The molecule has 12 heteroatoms. The Morgan fingerprint density at radius 2 is 1.97 bits per heavy atom. The summed E-state index contributed by atoms with van der Waals surface area (Å²) in [5, 5.41) is 17.5. The van der Waals surface area contributed by atoms with Crippen LogP contribution in [-0.4, -0.2) is 87.5 Å². The number of nitrogens with two attached hydrogens (primary N) is 2. The van der Waals surface area contributed by atoms with Crippen LogP contribution in [0, 0.1) is 0 Å². The SMILES string of the molecule is CC(C)c1cccc(C(=O)N[C@H]2CN3C(N)=N[C@@H](CN4C(=O)CCC4=O)C4N=C(N)NC43[C@@H]2O)c1. The first-order valence-electron chi connectivity index (χ1n) is 11.8. The van der Waals surface area contributed by atoms with Crippen molar-refractivity contribution in [3.63, 3.8) is 0 Å². The minimum Gasteiger partial charge on any atom is -0.386 e. The van der Waals surface area contributed by atoms with Crippen molar-refractivity contribution in [2.24, 2.45) is 21.5 Å². The molecule has 5 rings (SSSR count). The minimum atomic E-state index is -1.26. The normalized spacial score (nSPS) is 31.8. The minimum absolute atomic E-state index is 0.0111. The number of nitrogens with zero attached hydrogens (tertiary/aromatic N) is 4. The lowest BCUT2D eigenvalue weighted by Crippen LogP contribution is -2.73. The van der Waals surface area contributed by atoms with Crippen molar-refractivity contribution in [1.82, 2.24) is 20.4 Å². The maximum absolute atomic E-state index is 13.1. The average molecular weight is 483 g/mol. The van der Waals surface area contributed by atoms with Gasteiger partial charge < -0.3 is 32.1 Å². The number of aliphatic hydroxyl groups excluding tert-OH is 1. The molecule has 2 unspecified atom stereocenters. The van der Waals surface area contributed by atoms with Gasteiger partial charge in [-0.3, -0.25) is 19.3 Å². The van der Waals surface area contributed by atoms with Crippen molar-refractivity contribution < 1.29 is 19.5 Å². The van der Waals surface area contributed by atoms with Gasteiger partial charge >= 0.3 is 0 Å². The summed E-state index contributed by atoms with van der Waals surface area (Å²) < 4.78 is 0. The molecule has 1 spiro atoms. The summed E-state index contributed by atoms with van der Waals surface area (Å²) >= 11 is 0. The van der Waals surface area contributed by atoms with Gasteiger partial charge in [0, 0.05) is 24.9 Å². The van der Waals surface area contributed by atoms with Gasteiger partial charge in [-0.1, -0.05) is 26.0 Å². The van der Waals surface area contributed by atoms with E-state index >= 15 is 0 Å². The highest BCUT2D eigenvalue weighted by molar-refractivity contribution is 6.02. The smallest absolute Gasteiger partial charge is 0.251 e. The van der Waals surface area contributed by atoms with Crippen LogP contribution in [0.15, 0.2) is 34.3 Å². The van der Waals surface area contributed by atoms with E-state index in [1.54, 1.807) is 11.0 Å².